The van der Waals surface area contributed by atoms with Crippen LogP contribution in [0, 0.1) is 12.3 Å². The fraction of sp³-hybridized carbons (Fsp3) is 0.600. The van der Waals surface area contributed by atoms with Crippen molar-refractivity contribution in [1.82, 2.24) is 0 Å². The summed E-state index contributed by atoms with van der Waals surface area (Å²) in [6.45, 7) is 0. The van der Waals surface area contributed by atoms with Crippen molar-refractivity contribution in [3.05, 3.63) is 6.42 Å². The zero-order chi connectivity index (χ0) is 5.28. The van der Waals surface area contributed by atoms with E-state index >= 15 is 0 Å². The number of hydrogen-bond donors (Lipinski definition) is 0. The maximum absolute atomic E-state index is 10.3. The second-order valence-electron chi connectivity index (χ2n) is 1.60. The Kier molecular flexibility index (Phi) is 4.56. The van der Waals surface area contributed by atoms with Gasteiger partial charge in [-0.05, 0) is 0 Å². The van der Waals surface area contributed by atoms with Gasteiger partial charge in [-0.2, -0.15) is 6.42 Å². The fourth-order valence-corrected chi connectivity index (χ4v) is 0.412. The molecule has 1 aliphatic carbocycles. The zero-order valence-corrected chi connectivity index (χ0v) is 8.30. The molecule has 2 nitrogen and oxygen atoms in total. The Balaban J connectivity index is 0.000000490. The van der Waals surface area contributed by atoms with Gasteiger partial charge in [0.15, 0.2) is 0 Å². The summed E-state index contributed by atoms with van der Waals surface area (Å²) in [5, 5.41) is 0. The minimum Gasteiger partial charge on any atom is -0.471 e. The van der Waals surface area contributed by atoms with Crippen LogP contribution in [-0.4, -0.2) is 13.1 Å². The summed E-state index contributed by atoms with van der Waals surface area (Å²) in [5.74, 6) is 0.0324. The van der Waals surface area contributed by atoms with E-state index in [1.165, 1.54) is 7.11 Å². The monoisotopic (exact) mass is 138 g/mol. The first kappa shape index (κ1) is 9.11. The van der Waals surface area contributed by atoms with Crippen molar-refractivity contribution in [2.45, 2.75) is 6.42 Å². The molecule has 1 saturated carbocycles. The molecule has 0 spiro atoms. The molecule has 0 radical (unpaired) electrons. The zero-order valence-electron chi connectivity index (χ0n) is 5.18. The van der Waals surface area contributed by atoms with Gasteiger partial charge in [0.2, 0.25) is 0 Å². The molecule has 0 saturated heterocycles. The molecule has 0 aliphatic heterocycles. The number of rotatable bonds is 1. The molecule has 0 heterocycles. The maximum atomic E-state index is 10.3. The van der Waals surface area contributed by atoms with Crippen molar-refractivity contribution < 1.29 is 60.9 Å². The van der Waals surface area contributed by atoms with Crippen LogP contribution in [0.2, 0.25) is 0 Å². The Morgan fingerprint density at radius 1 is 1.88 bits per heavy atom. The Bertz CT molecular complexity index is 88.4. The topological polar surface area (TPSA) is 26.3 Å². The van der Waals surface area contributed by atoms with Gasteiger partial charge in [-0.1, -0.05) is 5.92 Å². The Hall–Kier alpha value is 1.11. The largest absolute Gasteiger partial charge is 1.00 e. The average Bonchev–Trinajstić information content (AvgIpc) is 2.44. The SMILES string of the molecule is COC(=O)[C@@H]1[CH-]C1.[K+]. The average molecular weight is 138 g/mol. The second kappa shape index (κ2) is 4.01. The number of carbonyl (C=O) groups excluding carboxylic acids is 1. The van der Waals surface area contributed by atoms with E-state index in [2.05, 4.69) is 4.74 Å². The van der Waals surface area contributed by atoms with Crippen molar-refractivity contribution in [3.63, 3.8) is 0 Å². The summed E-state index contributed by atoms with van der Waals surface area (Å²) in [5.41, 5.74) is 0. The molecule has 3 heteroatoms. The summed E-state index contributed by atoms with van der Waals surface area (Å²) in [6, 6.07) is 0. The molecule has 0 aromatic carbocycles. The molecule has 0 aromatic rings. The van der Waals surface area contributed by atoms with Crippen LogP contribution in [-0.2, 0) is 9.53 Å². The molecule has 0 N–H and O–H groups in total. The summed E-state index contributed by atoms with van der Waals surface area (Å²) < 4.78 is 4.40. The molecule has 1 fully saturated rings. The molecule has 0 aromatic heterocycles. The normalized spacial score (nSPS) is 23.4. The van der Waals surface area contributed by atoms with Crippen LogP contribution < -0.4 is 51.4 Å². The first-order chi connectivity index (χ1) is 3.34. The second-order valence-corrected chi connectivity index (χ2v) is 1.60. The van der Waals surface area contributed by atoms with Gasteiger partial charge < -0.3 is 11.2 Å². The van der Waals surface area contributed by atoms with Crippen molar-refractivity contribution in [2.24, 2.45) is 5.92 Å². The molecular formula is C5H7KO2. The first-order valence-electron chi connectivity index (χ1n) is 2.26. The van der Waals surface area contributed by atoms with E-state index in [-0.39, 0.29) is 63.3 Å². The van der Waals surface area contributed by atoms with E-state index in [4.69, 9.17) is 0 Å². The van der Waals surface area contributed by atoms with E-state index in [9.17, 15) is 4.79 Å². The van der Waals surface area contributed by atoms with Crippen LogP contribution in [0.4, 0.5) is 0 Å². The van der Waals surface area contributed by atoms with Crippen LogP contribution in [0.1, 0.15) is 6.42 Å². The van der Waals surface area contributed by atoms with Gasteiger partial charge in [0.25, 0.3) is 5.97 Å². The number of hydrogen-bond acceptors (Lipinski definition) is 2. The predicted octanol–water partition coefficient (Wildman–Crippen LogP) is -2.61. The van der Waals surface area contributed by atoms with Crippen LogP contribution in [0.5, 0.6) is 0 Å². The standard InChI is InChI=1S/C5H7O2.K/c1-7-5(6)4-2-3-4;/h2,4H,3H2,1H3;/q-1;+1/t4-;/m1./s1. The van der Waals surface area contributed by atoms with Gasteiger partial charge >= 0.3 is 51.4 Å². The number of methoxy groups -OCH3 is 1. The van der Waals surface area contributed by atoms with Crippen molar-refractivity contribution in [3.8, 4) is 0 Å². The minimum absolute atomic E-state index is 0. The van der Waals surface area contributed by atoms with E-state index in [1.807, 2.05) is 6.42 Å². The van der Waals surface area contributed by atoms with E-state index in [0.717, 1.165) is 6.42 Å². The van der Waals surface area contributed by atoms with Crippen molar-refractivity contribution in [1.29, 1.82) is 0 Å². The van der Waals surface area contributed by atoms with Gasteiger partial charge in [0, 0.05) is 0 Å². The van der Waals surface area contributed by atoms with Gasteiger partial charge in [0.1, 0.15) is 0 Å². The smallest absolute Gasteiger partial charge is 0.471 e. The predicted molar refractivity (Wildman–Crippen MR) is 24.4 cm³/mol. The van der Waals surface area contributed by atoms with E-state index < -0.39 is 0 Å². The molecule has 1 atom stereocenters. The maximum Gasteiger partial charge on any atom is 1.00 e. The Labute approximate surface area is 91.4 Å². The summed E-state index contributed by atoms with van der Waals surface area (Å²) in [6.07, 6.45) is 2.83. The molecule has 0 unspecified atom stereocenters. The van der Waals surface area contributed by atoms with Crippen LogP contribution >= 0.6 is 0 Å². The molecule has 0 bridgehead atoms. The number of carbonyl (C=O) groups is 1. The summed E-state index contributed by atoms with van der Waals surface area (Å²) in [4.78, 5) is 10.3. The third-order valence-corrected chi connectivity index (χ3v) is 0.975. The molecule has 40 valence electrons. The van der Waals surface area contributed by atoms with E-state index in [1.54, 1.807) is 0 Å². The summed E-state index contributed by atoms with van der Waals surface area (Å²) >= 11 is 0. The number of ether oxygens (including phenoxy) is 1. The first-order valence-corrected chi connectivity index (χ1v) is 2.26. The van der Waals surface area contributed by atoms with Gasteiger partial charge in [-0.3, -0.25) is 4.79 Å². The minimum atomic E-state index is -0.0972. The third-order valence-electron chi connectivity index (χ3n) is 0.975. The fourth-order valence-electron chi connectivity index (χ4n) is 0.412. The third kappa shape index (κ3) is 2.59. The molecule has 1 rings (SSSR count). The van der Waals surface area contributed by atoms with Crippen LogP contribution in [0.15, 0.2) is 0 Å². The van der Waals surface area contributed by atoms with Crippen LogP contribution in [0.3, 0.4) is 0 Å². The molecule has 8 heavy (non-hydrogen) atoms. The van der Waals surface area contributed by atoms with Crippen molar-refractivity contribution >= 4 is 5.97 Å². The summed E-state index contributed by atoms with van der Waals surface area (Å²) in [7, 11) is 1.41. The van der Waals surface area contributed by atoms with Gasteiger partial charge in [-0.25, -0.2) is 0 Å². The van der Waals surface area contributed by atoms with Crippen LogP contribution in [0.25, 0.3) is 0 Å². The van der Waals surface area contributed by atoms with Crippen molar-refractivity contribution in [2.75, 3.05) is 7.11 Å². The van der Waals surface area contributed by atoms with Gasteiger partial charge in [-0.15, -0.1) is 0 Å². The Morgan fingerprint density at radius 3 is 2.50 bits per heavy atom. The number of esters is 1. The Morgan fingerprint density at radius 2 is 2.38 bits per heavy atom. The molecular weight excluding hydrogens is 131 g/mol. The molecule has 1 aliphatic rings. The quantitative estimate of drug-likeness (QED) is 0.225. The molecule has 0 amide bonds. The van der Waals surface area contributed by atoms with Gasteiger partial charge in [0.05, 0.1) is 7.11 Å². The van der Waals surface area contributed by atoms with E-state index in [0.29, 0.717) is 0 Å².